The van der Waals surface area contributed by atoms with Crippen molar-refractivity contribution < 1.29 is 19.1 Å². The maximum atomic E-state index is 12.3. The average molecular weight is 407 g/mol. The van der Waals surface area contributed by atoms with Crippen LogP contribution in [0.15, 0.2) is 24.3 Å². The highest BCUT2D eigenvalue weighted by atomic mass is 16.6. The number of ether oxygens (including phenoxy) is 1. The zero-order valence-corrected chi connectivity index (χ0v) is 18.0. The first-order chi connectivity index (χ1) is 13.7. The molecule has 0 unspecified atom stereocenters. The molecule has 3 amide bonds. The Labute approximate surface area is 173 Å². The first kappa shape index (κ1) is 24.4. The summed E-state index contributed by atoms with van der Waals surface area (Å²) in [6.45, 7) is 5.77. The SMILES string of the molecule is CCCC[C@H](NC)C(=O)Nc1ccc(COC(=O)N(C)[C@H](C(N)=O)C(C)C)cc1. The van der Waals surface area contributed by atoms with Crippen molar-refractivity contribution in [2.24, 2.45) is 11.7 Å². The van der Waals surface area contributed by atoms with E-state index < -0.39 is 18.0 Å². The topological polar surface area (TPSA) is 114 Å². The Morgan fingerprint density at radius 2 is 1.79 bits per heavy atom. The van der Waals surface area contributed by atoms with Gasteiger partial charge in [-0.3, -0.25) is 14.5 Å². The number of carbonyl (C=O) groups excluding carboxylic acids is 3. The number of carbonyl (C=O) groups is 3. The largest absolute Gasteiger partial charge is 0.445 e. The fourth-order valence-electron chi connectivity index (χ4n) is 3.06. The highest BCUT2D eigenvalue weighted by Crippen LogP contribution is 2.14. The zero-order valence-electron chi connectivity index (χ0n) is 18.0. The van der Waals surface area contributed by atoms with Crippen molar-refractivity contribution in [3.63, 3.8) is 0 Å². The maximum absolute atomic E-state index is 12.3. The molecular weight excluding hydrogens is 372 g/mol. The number of benzene rings is 1. The third kappa shape index (κ3) is 7.73. The van der Waals surface area contributed by atoms with Crippen LogP contribution in [0.4, 0.5) is 10.5 Å². The van der Waals surface area contributed by atoms with Gasteiger partial charge in [-0.25, -0.2) is 4.79 Å². The van der Waals surface area contributed by atoms with Gasteiger partial charge in [-0.1, -0.05) is 45.7 Å². The van der Waals surface area contributed by atoms with E-state index in [1.165, 1.54) is 11.9 Å². The van der Waals surface area contributed by atoms with E-state index >= 15 is 0 Å². The van der Waals surface area contributed by atoms with E-state index in [1.54, 1.807) is 31.3 Å². The molecule has 0 aromatic heterocycles. The number of unbranched alkanes of at least 4 members (excludes halogenated alkanes) is 1. The summed E-state index contributed by atoms with van der Waals surface area (Å²) in [5, 5.41) is 5.91. The van der Waals surface area contributed by atoms with Crippen molar-refractivity contribution in [3.05, 3.63) is 29.8 Å². The molecule has 0 aliphatic rings. The van der Waals surface area contributed by atoms with Gasteiger partial charge in [0.15, 0.2) is 0 Å². The van der Waals surface area contributed by atoms with E-state index in [9.17, 15) is 14.4 Å². The van der Waals surface area contributed by atoms with Crippen molar-refractivity contribution in [1.82, 2.24) is 10.2 Å². The number of primary amides is 1. The first-order valence-electron chi connectivity index (χ1n) is 9.97. The molecule has 29 heavy (non-hydrogen) atoms. The highest BCUT2D eigenvalue weighted by molar-refractivity contribution is 5.94. The molecule has 0 bridgehead atoms. The molecule has 0 aliphatic carbocycles. The van der Waals surface area contributed by atoms with Gasteiger partial charge in [-0.15, -0.1) is 0 Å². The lowest BCUT2D eigenvalue weighted by molar-refractivity contribution is -0.123. The van der Waals surface area contributed by atoms with Crippen molar-refractivity contribution in [2.75, 3.05) is 19.4 Å². The molecule has 4 N–H and O–H groups in total. The highest BCUT2D eigenvalue weighted by Gasteiger charge is 2.28. The van der Waals surface area contributed by atoms with Crippen LogP contribution < -0.4 is 16.4 Å². The van der Waals surface area contributed by atoms with Gasteiger partial charge in [0.25, 0.3) is 0 Å². The quantitative estimate of drug-likeness (QED) is 0.522. The van der Waals surface area contributed by atoms with Gasteiger partial charge in [0.05, 0.1) is 6.04 Å². The molecular formula is C21H34N4O4. The van der Waals surface area contributed by atoms with Crippen molar-refractivity contribution in [2.45, 2.75) is 58.7 Å². The molecule has 8 nitrogen and oxygen atoms in total. The van der Waals surface area contributed by atoms with E-state index in [-0.39, 0.29) is 24.5 Å². The predicted octanol–water partition coefficient (Wildman–Crippen LogP) is 2.48. The second-order valence-electron chi connectivity index (χ2n) is 7.43. The summed E-state index contributed by atoms with van der Waals surface area (Å²) >= 11 is 0. The van der Waals surface area contributed by atoms with Crippen LogP contribution in [0.2, 0.25) is 0 Å². The van der Waals surface area contributed by atoms with Gasteiger partial charge in [0.1, 0.15) is 12.6 Å². The van der Waals surface area contributed by atoms with Crippen LogP contribution >= 0.6 is 0 Å². The number of nitrogens with zero attached hydrogens (tertiary/aromatic N) is 1. The summed E-state index contributed by atoms with van der Waals surface area (Å²) in [6.07, 6.45) is 2.17. The third-order valence-corrected chi connectivity index (χ3v) is 4.72. The Kier molecular flexibility index (Phi) is 10.2. The Morgan fingerprint density at radius 3 is 2.28 bits per heavy atom. The predicted molar refractivity (Wildman–Crippen MR) is 113 cm³/mol. The van der Waals surface area contributed by atoms with Gasteiger partial charge < -0.3 is 21.1 Å². The summed E-state index contributed by atoms with van der Waals surface area (Å²) in [7, 11) is 3.27. The van der Waals surface area contributed by atoms with Crippen LogP contribution in [0.25, 0.3) is 0 Å². The van der Waals surface area contributed by atoms with Gasteiger partial charge in [0.2, 0.25) is 11.8 Å². The molecule has 1 aromatic rings. The molecule has 0 spiro atoms. The van der Waals surface area contributed by atoms with Crippen LogP contribution in [-0.4, -0.2) is 49.0 Å². The number of likely N-dealkylation sites (N-methyl/N-ethyl adjacent to an activating group) is 2. The standard InChI is InChI=1S/C21H34N4O4/c1-6-7-8-17(23-4)20(27)24-16-11-9-15(10-12-16)13-29-21(28)25(5)18(14(2)3)19(22)26/h9-12,14,17-18,23H,6-8,13H2,1-5H3,(H2,22,26)(H,24,27)/t17-,18-/m0/s1. The number of nitrogens with one attached hydrogen (secondary N) is 2. The summed E-state index contributed by atoms with van der Waals surface area (Å²) < 4.78 is 5.27. The second-order valence-corrected chi connectivity index (χ2v) is 7.43. The molecule has 0 saturated carbocycles. The minimum Gasteiger partial charge on any atom is -0.445 e. The van der Waals surface area contributed by atoms with Crippen molar-refractivity contribution in [1.29, 1.82) is 0 Å². The summed E-state index contributed by atoms with van der Waals surface area (Å²) in [6, 6.07) is 6.11. The summed E-state index contributed by atoms with van der Waals surface area (Å²) in [5.41, 5.74) is 6.81. The van der Waals surface area contributed by atoms with E-state index in [0.717, 1.165) is 24.8 Å². The zero-order chi connectivity index (χ0) is 22.0. The lowest BCUT2D eigenvalue weighted by atomic mass is 10.0. The number of rotatable bonds is 11. The number of hydrogen-bond donors (Lipinski definition) is 3. The molecule has 0 radical (unpaired) electrons. The molecule has 2 atom stereocenters. The van der Waals surface area contributed by atoms with Gasteiger partial charge in [-0.2, -0.15) is 0 Å². The van der Waals surface area contributed by atoms with E-state index in [4.69, 9.17) is 10.5 Å². The molecule has 162 valence electrons. The Hall–Kier alpha value is -2.61. The molecule has 0 aliphatic heterocycles. The van der Waals surface area contributed by atoms with Crippen LogP contribution in [0.3, 0.4) is 0 Å². The first-order valence-corrected chi connectivity index (χ1v) is 9.97. The van der Waals surface area contributed by atoms with Crippen molar-refractivity contribution in [3.8, 4) is 0 Å². The smallest absolute Gasteiger partial charge is 0.410 e. The minimum atomic E-state index is -0.729. The summed E-state index contributed by atoms with van der Waals surface area (Å²) in [5.74, 6) is -0.766. The van der Waals surface area contributed by atoms with Crippen LogP contribution in [0.5, 0.6) is 0 Å². The van der Waals surface area contributed by atoms with Gasteiger partial charge >= 0.3 is 6.09 Å². The van der Waals surface area contributed by atoms with Crippen molar-refractivity contribution >= 4 is 23.6 Å². The lowest BCUT2D eigenvalue weighted by Crippen LogP contribution is -2.48. The Morgan fingerprint density at radius 1 is 1.17 bits per heavy atom. The number of nitrogens with two attached hydrogens (primary N) is 1. The Bertz CT molecular complexity index is 676. The van der Waals surface area contributed by atoms with E-state index in [1.807, 2.05) is 13.8 Å². The third-order valence-electron chi connectivity index (χ3n) is 4.72. The number of hydrogen-bond acceptors (Lipinski definition) is 5. The van der Waals surface area contributed by atoms with E-state index in [2.05, 4.69) is 17.6 Å². The fourth-order valence-corrected chi connectivity index (χ4v) is 3.06. The average Bonchev–Trinajstić information content (AvgIpc) is 2.67. The lowest BCUT2D eigenvalue weighted by Gasteiger charge is -2.27. The molecule has 0 fully saturated rings. The number of anilines is 1. The van der Waals surface area contributed by atoms with Crippen LogP contribution in [0, 0.1) is 5.92 Å². The maximum Gasteiger partial charge on any atom is 0.410 e. The normalized spacial score (nSPS) is 12.9. The fraction of sp³-hybridized carbons (Fsp3) is 0.571. The van der Waals surface area contributed by atoms with Gasteiger partial charge in [0, 0.05) is 12.7 Å². The molecule has 1 rings (SSSR count). The van der Waals surface area contributed by atoms with Crippen LogP contribution in [-0.2, 0) is 20.9 Å². The van der Waals surface area contributed by atoms with Crippen LogP contribution in [0.1, 0.15) is 45.6 Å². The second kappa shape index (κ2) is 12.1. The summed E-state index contributed by atoms with van der Waals surface area (Å²) in [4.78, 5) is 37.3. The molecule has 1 aromatic carbocycles. The monoisotopic (exact) mass is 406 g/mol. The number of amides is 3. The van der Waals surface area contributed by atoms with Gasteiger partial charge in [-0.05, 0) is 37.1 Å². The molecule has 0 heterocycles. The van der Waals surface area contributed by atoms with E-state index in [0.29, 0.717) is 5.69 Å². The minimum absolute atomic E-state index is 0.0522. The molecule has 0 saturated heterocycles. The molecule has 8 heteroatoms. The Balaban J connectivity index is 2.61.